The molecule has 2 atom stereocenters. The molecule has 1 aliphatic heterocycles. The van der Waals surface area contributed by atoms with Gasteiger partial charge in [0.05, 0.1) is 16.6 Å². The van der Waals surface area contributed by atoms with Crippen molar-refractivity contribution in [1.82, 2.24) is 5.01 Å². The number of allylic oxidation sites excluding steroid dienone is 1. The van der Waals surface area contributed by atoms with Gasteiger partial charge < -0.3 is 0 Å². The Labute approximate surface area is 175 Å². The Morgan fingerprint density at radius 1 is 1.00 bits per heavy atom. The van der Waals surface area contributed by atoms with Crippen molar-refractivity contribution >= 4 is 29.0 Å². The number of amides is 1. The van der Waals surface area contributed by atoms with Gasteiger partial charge in [0.25, 0.3) is 5.91 Å². The number of hydrazone groups is 1. The van der Waals surface area contributed by atoms with Crippen molar-refractivity contribution in [3.05, 3.63) is 99.8 Å². The van der Waals surface area contributed by atoms with E-state index in [0.717, 1.165) is 35.4 Å². The lowest BCUT2D eigenvalue weighted by Crippen LogP contribution is -2.31. The molecule has 0 radical (unpaired) electrons. The van der Waals surface area contributed by atoms with Crippen LogP contribution in [-0.2, 0) is 0 Å². The number of carbonyl (C=O) groups excluding carboxylic acids is 1. The van der Waals surface area contributed by atoms with Gasteiger partial charge >= 0.3 is 0 Å². The summed E-state index contributed by atoms with van der Waals surface area (Å²) in [4.78, 5) is 14.0. The number of fused-ring (bicyclic) bond motifs is 1. The number of benzene rings is 2. The van der Waals surface area contributed by atoms with Gasteiger partial charge in [-0.25, -0.2) is 5.01 Å². The van der Waals surface area contributed by atoms with E-state index in [9.17, 15) is 4.79 Å². The molecular weight excluding hydrogens is 376 g/mol. The van der Waals surface area contributed by atoms with Gasteiger partial charge in [-0.15, -0.1) is 11.3 Å². The average Bonchev–Trinajstić information content (AvgIpc) is 3.43. The zero-order chi connectivity index (χ0) is 19.6. The van der Waals surface area contributed by atoms with Crippen LogP contribution in [0.5, 0.6) is 0 Å². The molecule has 1 fully saturated rings. The van der Waals surface area contributed by atoms with E-state index >= 15 is 0 Å². The summed E-state index contributed by atoms with van der Waals surface area (Å²) in [5, 5.41) is 8.63. The minimum absolute atomic E-state index is 0.00480. The first kappa shape index (κ1) is 18.1. The van der Waals surface area contributed by atoms with E-state index in [1.54, 1.807) is 5.01 Å². The molecule has 1 aliphatic carbocycles. The molecular formula is C25H22N2OS. The molecule has 29 heavy (non-hydrogen) atoms. The van der Waals surface area contributed by atoms with Crippen LogP contribution < -0.4 is 0 Å². The Morgan fingerprint density at radius 3 is 2.48 bits per heavy atom. The maximum Gasteiger partial charge on any atom is 0.284 e. The minimum Gasteiger partial charge on any atom is -0.266 e. The van der Waals surface area contributed by atoms with Crippen molar-refractivity contribution < 1.29 is 4.79 Å². The number of rotatable bonds is 3. The highest BCUT2D eigenvalue weighted by Gasteiger charge is 2.44. The fourth-order valence-electron chi connectivity index (χ4n) is 4.42. The van der Waals surface area contributed by atoms with Gasteiger partial charge in [-0.3, -0.25) is 4.79 Å². The summed E-state index contributed by atoms with van der Waals surface area (Å²) in [6.45, 7) is 0. The van der Waals surface area contributed by atoms with Gasteiger partial charge in [0.15, 0.2) is 0 Å². The van der Waals surface area contributed by atoms with Gasteiger partial charge in [-0.1, -0.05) is 66.7 Å². The Morgan fingerprint density at radius 2 is 1.76 bits per heavy atom. The zero-order valence-corrected chi connectivity index (χ0v) is 16.9. The second-order valence-corrected chi connectivity index (χ2v) is 8.49. The lowest BCUT2D eigenvalue weighted by Gasteiger charge is -2.29. The number of hydrogen-bond acceptors (Lipinski definition) is 3. The standard InChI is InChI=1S/C25H22N2OS/c28-25(22-15-8-16-29-22)27-24(19-11-5-2-6-12-19)21-14-7-13-20(23(21)26-27)17-18-9-3-1-4-10-18/h1-6,8-12,15-17,21,24H,7,13-14H2/b20-17+/t21-,24-/m1/s1. The Bertz CT molecular complexity index is 1050. The number of carbonyl (C=O) groups is 1. The highest BCUT2D eigenvalue weighted by Crippen LogP contribution is 2.45. The summed E-state index contributed by atoms with van der Waals surface area (Å²) < 4.78 is 0. The first-order valence-electron chi connectivity index (χ1n) is 10.1. The predicted octanol–water partition coefficient (Wildman–Crippen LogP) is 6.18. The van der Waals surface area contributed by atoms with Crippen molar-refractivity contribution in [2.45, 2.75) is 25.3 Å². The van der Waals surface area contributed by atoms with E-state index in [0.29, 0.717) is 0 Å². The van der Waals surface area contributed by atoms with Gasteiger partial charge in [0.2, 0.25) is 0 Å². The van der Waals surface area contributed by atoms with Crippen LogP contribution in [0.3, 0.4) is 0 Å². The van der Waals surface area contributed by atoms with E-state index in [-0.39, 0.29) is 17.9 Å². The molecule has 3 nitrogen and oxygen atoms in total. The molecule has 5 rings (SSSR count). The van der Waals surface area contributed by atoms with Crippen LogP contribution in [0.4, 0.5) is 0 Å². The summed E-state index contributed by atoms with van der Waals surface area (Å²) in [5.41, 5.74) is 4.68. The van der Waals surface area contributed by atoms with Crippen molar-refractivity contribution in [3.8, 4) is 0 Å². The van der Waals surface area contributed by atoms with Crippen LogP contribution >= 0.6 is 11.3 Å². The fraction of sp³-hybridized carbons (Fsp3) is 0.200. The molecule has 1 aromatic heterocycles. The van der Waals surface area contributed by atoms with Crippen molar-refractivity contribution in [2.24, 2.45) is 11.0 Å². The predicted molar refractivity (Wildman–Crippen MR) is 119 cm³/mol. The first-order chi connectivity index (χ1) is 14.3. The summed E-state index contributed by atoms with van der Waals surface area (Å²) in [5.74, 6) is 0.236. The molecule has 0 unspecified atom stereocenters. The summed E-state index contributed by atoms with van der Waals surface area (Å²) >= 11 is 1.48. The lowest BCUT2D eigenvalue weighted by molar-refractivity contribution is 0.0686. The molecule has 1 saturated carbocycles. The van der Waals surface area contributed by atoms with Gasteiger partial charge in [-0.05, 0) is 53.5 Å². The highest BCUT2D eigenvalue weighted by atomic mass is 32.1. The van der Waals surface area contributed by atoms with Crippen LogP contribution in [0.2, 0.25) is 0 Å². The van der Waals surface area contributed by atoms with E-state index in [1.165, 1.54) is 22.5 Å². The highest BCUT2D eigenvalue weighted by molar-refractivity contribution is 7.12. The van der Waals surface area contributed by atoms with E-state index in [1.807, 2.05) is 41.8 Å². The molecule has 0 N–H and O–H groups in total. The van der Waals surface area contributed by atoms with E-state index < -0.39 is 0 Å². The Hall–Kier alpha value is -2.98. The van der Waals surface area contributed by atoms with Crippen molar-refractivity contribution in [2.75, 3.05) is 0 Å². The summed E-state index contributed by atoms with van der Waals surface area (Å²) in [6, 6.07) is 24.5. The SMILES string of the molecule is O=C(c1cccs1)N1N=C2/C(=C/c3ccccc3)CCC[C@H]2[C@H]1c1ccccc1. The molecule has 0 spiro atoms. The van der Waals surface area contributed by atoms with Gasteiger partial charge in [0.1, 0.15) is 0 Å². The van der Waals surface area contributed by atoms with Gasteiger partial charge in [-0.2, -0.15) is 5.10 Å². The topological polar surface area (TPSA) is 32.7 Å². The van der Waals surface area contributed by atoms with Crippen LogP contribution in [0.25, 0.3) is 6.08 Å². The first-order valence-corrected chi connectivity index (χ1v) is 11.0. The second kappa shape index (κ2) is 7.80. The van der Waals surface area contributed by atoms with E-state index in [4.69, 9.17) is 5.10 Å². The van der Waals surface area contributed by atoms with Crippen LogP contribution in [-0.4, -0.2) is 16.6 Å². The third-order valence-electron chi connectivity index (χ3n) is 5.72. The van der Waals surface area contributed by atoms with E-state index in [2.05, 4.69) is 42.5 Å². The zero-order valence-electron chi connectivity index (χ0n) is 16.1. The van der Waals surface area contributed by atoms with Crippen molar-refractivity contribution in [3.63, 3.8) is 0 Å². The maximum absolute atomic E-state index is 13.3. The molecule has 4 heteroatoms. The normalized spacial score (nSPS) is 22.4. The third-order valence-corrected chi connectivity index (χ3v) is 6.58. The fourth-order valence-corrected chi connectivity index (χ4v) is 5.07. The van der Waals surface area contributed by atoms with Crippen LogP contribution in [0.15, 0.2) is 88.9 Å². The maximum atomic E-state index is 13.3. The molecule has 0 saturated heterocycles. The molecule has 2 heterocycles. The average molecular weight is 399 g/mol. The molecule has 0 bridgehead atoms. The summed E-state index contributed by atoms with van der Waals surface area (Å²) in [6.07, 6.45) is 5.42. The quantitative estimate of drug-likeness (QED) is 0.518. The van der Waals surface area contributed by atoms with Gasteiger partial charge in [0, 0.05) is 5.92 Å². The molecule has 2 aromatic carbocycles. The third kappa shape index (κ3) is 3.45. The summed E-state index contributed by atoms with van der Waals surface area (Å²) in [7, 11) is 0. The van der Waals surface area contributed by atoms with Crippen LogP contribution in [0.1, 0.15) is 46.1 Å². The molecule has 144 valence electrons. The molecule has 3 aromatic rings. The minimum atomic E-state index is -0.0414. The molecule has 1 amide bonds. The smallest absolute Gasteiger partial charge is 0.266 e. The lowest BCUT2D eigenvalue weighted by atomic mass is 9.77. The second-order valence-electron chi connectivity index (χ2n) is 7.55. The Kier molecular flexibility index (Phi) is 4.86. The monoisotopic (exact) mass is 398 g/mol. The molecule has 2 aliphatic rings. The number of thiophene rings is 1. The number of nitrogens with zero attached hydrogens (tertiary/aromatic N) is 2. The number of hydrogen-bond donors (Lipinski definition) is 0. The largest absolute Gasteiger partial charge is 0.284 e. The Balaban J connectivity index is 1.58. The van der Waals surface area contributed by atoms with Crippen molar-refractivity contribution in [1.29, 1.82) is 0 Å². The van der Waals surface area contributed by atoms with Crippen LogP contribution in [0, 0.1) is 5.92 Å².